The average Bonchev–Trinajstić information content (AvgIpc) is 2.75. The molecule has 0 aliphatic heterocycles. The lowest BCUT2D eigenvalue weighted by Gasteiger charge is -2.15. The van der Waals surface area contributed by atoms with Crippen LogP contribution in [0, 0.1) is 0 Å². The number of anilines is 1. The summed E-state index contributed by atoms with van der Waals surface area (Å²) < 4.78 is 0. The Balaban J connectivity index is 2.40. The minimum absolute atomic E-state index is 0.0475. The highest BCUT2D eigenvalue weighted by molar-refractivity contribution is 5.48. The van der Waals surface area contributed by atoms with Crippen molar-refractivity contribution in [2.45, 2.75) is 6.04 Å². The average molecular weight is 203 g/mol. The predicted octanol–water partition coefficient (Wildman–Crippen LogP) is 0.696. The number of aromatic amines is 1. The van der Waals surface area contributed by atoms with Crippen molar-refractivity contribution in [1.29, 1.82) is 0 Å². The number of aromatic nitrogens is 3. The molecule has 0 fully saturated rings. The molecule has 0 saturated carbocycles. The highest BCUT2D eigenvalue weighted by Gasteiger charge is 2.16. The smallest absolute Gasteiger partial charge is 0.127 e. The second-order valence-corrected chi connectivity index (χ2v) is 3.20. The zero-order chi connectivity index (χ0) is 10.7. The molecule has 2 rings (SSSR count). The van der Waals surface area contributed by atoms with Gasteiger partial charge in [0.05, 0.1) is 6.04 Å². The Hall–Kier alpha value is -1.88. The molecular weight excluding hydrogens is 190 g/mol. The van der Waals surface area contributed by atoms with E-state index in [1.165, 1.54) is 0 Å². The first-order valence-corrected chi connectivity index (χ1v) is 4.69. The highest BCUT2D eigenvalue weighted by atomic mass is 15.0. The molecule has 0 amide bonds. The van der Waals surface area contributed by atoms with E-state index in [2.05, 4.69) is 20.3 Å². The molecule has 2 aromatic heterocycles. The van der Waals surface area contributed by atoms with Crippen LogP contribution >= 0.6 is 0 Å². The molecule has 0 spiro atoms. The van der Waals surface area contributed by atoms with Crippen LogP contribution in [0.2, 0.25) is 0 Å². The van der Waals surface area contributed by atoms with Gasteiger partial charge in [-0.15, -0.1) is 0 Å². The van der Waals surface area contributed by atoms with E-state index in [4.69, 9.17) is 5.73 Å². The number of hydrogen-bond acceptors (Lipinski definition) is 4. The quantitative estimate of drug-likeness (QED) is 0.686. The number of pyridine rings is 1. The van der Waals surface area contributed by atoms with Crippen LogP contribution in [0.4, 0.5) is 5.69 Å². The van der Waals surface area contributed by atoms with Crippen molar-refractivity contribution in [2.75, 3.05) is 12.8 Å². The third kappa shape index (κ3) is 1.82. The molecule has 0 aliphatic carbocycles. The van der Waals surface area contributed by atoms with E-state index in [0.29, 0.717) is 5.69 Å². The van der Waals surface area contributed by atoms with Crippen molar-refractivity contribution in [3.05, 3.63) is 42.2 Å². The monoisotopic (exact) mass is 203 g/mol. The van der Waals surface area contributed by atoms with Gasteiger partial charge in [-0.3, -0.25) is 4.98 Å². The topological polar surface area (TPSA) is 79.6 Å². The summed E-state index contributed by atoms with van der Waals surface area (Å²) in [6.45, 7) is 0. The third-order valence-electron chi connectivity index (χ3n) is 2.28. The fourth-order valence-electron chi connectivity index (χ4n) is 1.53. The summed E-state index contributed by atoms with van der Waals surface area (Å²) >= 11 is 0. The van der Waals surface area contributed by atoms with E-state index in [1.807, 2.05) is 7.05 Å². The van der Waals surface area contributed by atoms with Crippen LogP contribution in [0.1, 0.15) is 17.4 Å². The summed E-state index contributed by atoms with van der Waals surface area (Å²) in [6.07, 6.45) is 6.92. The van der Waals surface area contributed by atoms with Gasteiger partial charge in [-0.2, -0.15) is 0 Å². The molecule has 15 heavy (non-hydrogen) atoms. The summed E-state index contributed by atoms with van der Waals surface area (Å²) in [5.74, 6) is 0.831. The van der Waals surface area contributed by atoms with E-state index >= 15 is 0 Å². The molecule has 0 radical (unpaired) electrons. The van der Waals surface area contributed by atoms with Crippen molar-refractivity contribution >= 4 is 5.69 Å². The van der Waals surface area contributed by atoms with Gasteiger partial charge >= 0.3 is 0 Å². The van der Waals surface area contributed by atoms with E-state index in [1.54, 1.807) is 30.9 Å². The lowest BCUT2D eigenvalue weighted by molar-refractivity contribution is 0.654. The van der Waals surface area contributed by atoms with Gasteiger partial charge in [0.1, 0.15) is 5.82 Å². The number of nitrogens with zero attached hydrogens (tertiary/aromatic N) is 2. The molecule has 0 bridgehead atoms. The minimum atomic E-state index is -0.0475. The Labute approximate surface area is 87.8 Å². The Morgan fingerprint density at radius 1 is 1.47 bits per heavy atom. The maximum atomic E-state index is 5.88. The van der Waals surface area contributed by atoms with Crippen LogP contribution in [-0.2, 0) is 0 Å². The molecule has 0 aliphatic rings. The van der Waals surface area contributed by atoms with E-state index < -0.39 is 0 Å². The summed E-state index contributed by atoms with van der Waals surface area (Å²) in [5, 5.41) is 3.15. The first-order valence-electron chi connectivity index (χ1n) is 4.69. The molecule has 1 unspecified atom stereocenters. The predicted molar refractivity (Wildman–Crippen MR) is 58.1 cm³/mol. The summed E-state index contributed by atoms with van der Waals surface area (Å²) in [6, 6.07) is 1.73. The van der Waals surface area contributed by atoms with Crippen molar-refractivity contribution in [3.63, 3.8) is 0 Å². The molecule has 78 valence electrons. The number of nitrogens with one attached hydrogen (secondary N) is 2. The van der Waals surface area contributed by atoms with Crippen LogP contribution in [0.25, 0.3) is 0 Å². The van der Waals surface area contributed by atoms with E-state index in [9.17, 15) is 0 Å². The summed E-state index contributed by atoms with van der Waals surface area (Å²) in [7, 11) is 1.86. The van der Waals surface area contributed by atoms with Crippen LogP contribution < -0.4 is 11.1 Å². The molecule has 0 saturated heterocycles. The van der Waals surface area contributed by atoms with Crippen molar-refractivity contribution in [2.24, 2.45) is 0 Å². The fraction of sp³-hybridized carbons (Fsp3) is 0.200. The zero-order valence-electron chi connectivity index (χ0n) is 8.44. The van der Waals surface area contributed by atoms with Gasteiger partial charge in [0.2, 0.25) is 0 Å². The molecule has 5 heteroatoms. The fourth-order valence-corrected chi connectivity index (χ4v) is 1.53. The molecule has 5 nitrogen and oxygen atoms in total. The minimum Gasteiger partial charge on any atom is -0.398 e. The number of imidazole rings is 1. The van der Waals surface area contributed by atoms with Crippen molar-refractivity contribution in [1.82, 2.24) is 20.3 Å². The molecular formula is C10H13N5. The van der Waals surface area contributed by atoms with Crippen LogP contribution in [0.3, 0.4) is 0 Å². The lowest BCUT2D eigenvalue weighted by Crippen LogP contribution is -2.20. The highest BCUT2D eigenvalue weighted by Crippen LogP contribution is 2.22. The van der Waals surface area contributed by atoms with E-state index in [0.717, 1.165) is 11.4 Å². The second-order valence-electron chi connectivity index (χ2n) is 3.20. The van der Waals surface area contributed by atoms with Gasteiger partial charge in [0, 0.05) is 36.0 Å². The number of nitrogen functional groups attached to an aromatic ring is 1. The maximum absolute atomic E-state index is 5.88. The first kappa shape index (κ1) is 9.67. The molecule has 2 heterocycles. The largest absolute Gasteiger partial charge is 0.398 e. The Bertz CT molecular complexity index is 423. The standard InChI is InChI=1S/C10H13N5/c1-12-9(10-14-4-5-15-10)7-6-13-3-2-8(7)11/h2-6,9,12H,1H3,(H2,11,13)(H,14,15). The molecule has 2 aromatic rings. The normalized spacial score (nSPS) is 12.6. The summed E-state index contributed by atoms with van der Waals surface area (Å²) in [5.41, 5.74) is 7.52. The molecule has 0 aromatic carbocycles. The van der Waals surface area contributed by atoms with E-state index in [-0.39, 0.29) is 6.04 Å². The SMILES string of the molecule is CNC(c1ncc[nH]1)c1cnccc1N. The van der Waals surface area contributed by atoms with Crippen LogP contribution in [-0.4, -0.2) is 22.0 Å². The van der Waals surface area contributed by atoms with Gasteiger partial charge in [-0.1, -0.05) is 0 Å². The van der Waals surface area contributed by atoms with Crippen LogP contribution in [0.15, 0.2) is 30.9 Å². The zero-order valence-corrected chi connectivity index (χ0v) is 8.44. The lowest BCUT2D eigenvalue weighted by atomic mass is 10.1. The van der Waals surface area contributed by atoms with Gasteiger partial charge in [-0.25, -0.2) is 4.98 Å². The number of hydrogen-bond donors (Lipinski definition) is 3. The first-order chi connectivity index (χ1) is 7.33. The Kier molecular flexibility index (Phi) is 2.64. The number of H-pyrrole nitrogens is 1. The third-order valence-corrected chi connectivity index (χ3v) is 2.28. The Morgan fingerprint density at radius 2 is 2.33 bits per heavy atom. The van der Waals surface area contributed by atoms with Crippen LogP contribution in [0.5, 0.6) is 0 Å². The molecule has 1 atom stereocenters. The van der Waals surface area contributed by atoms with Crippen molar-refractivity contribution in [3.8, 4) is 0 Å². The number of nitrogens with two attached hydrogens (primary N) is 1. The van der Waals surface area contributed by atoms with Crippen molar-refractivity contribution < 1.29 is 0 Å². The van der Waals surface area contributed by atoms with Gasteiger partial charge < -0.3 is 16.0 Å². The molecule has 4 N–H and O–H groups in total. The summed E-state index contributed by atoms with van der Waals surface area (Å²) in [4.78, 5) is 11.3. The van der Waals surface area contributed by atoms with Gasteiger partial charge in [0.15, 0.2) is 0 Å². The second kappa shape index (κ2) is 4.10. The van der Waals surface area contributed by atoms with Gasteiger partial charge in [0.25, 0.3) is 0 Å². The van der Waals surface area contributed by atoms with Gasteiger partial charge in [-0.05, 0) is 13.1 Å². The maximum Gasteiger partial charge on any atom is 0.127 e. The number of rotatable bonds is 3. The Morgan fingerprint density at radius 3 is 2.93 bits per heavy atom.